The van der Waals surface area contributed by atoms with E-state index in [0.29, 0.717) is 32.5 Å². The van der Waals surface area contributed by atoms with Crippen molar-refractivity contribution >= 4 is 23.5 Å². The maximum absolute atomic E-state index is 10.9. The van der Waals surface area contributed by atoms with Crippen molar-refractivity contribution in [2.75, 3.05) is 31.8 Å². The Hall–Kier alpha value is -0.740. The van der Waals surface area contributed by atoms with Crippen LogP contribution in [0.15, 0.2) is 36.4 Å². The van der Waals surface area contributed by atoms with Crippen LogP contribution in [0.5, 0.6) is 5.75 Å². The van der Waals surface area contributed by atoms with Crippen LogP contribution in [0.3, 0.4) is 0 Å². The van der Waals surface area contributed by atoms with Crippen molar-refractivity contribution in [1.82, 2.24) is 0 Å². The van der Waals surface area contributed by atoms with Crippen LogP contribution in [0, 0.1) is 5.92 Å². The van der Waals surface area contributed by atoms with E-state index >= 15 is 0 Å². The summed E-state index contributed by atoms with van der Waals surface area (Å²) in [6.07, 6.45) is 3.86. The molecule has 6 nitrogen and oxygen atoms in total. The third-order valence-corrected chi connectivity index (χ3v) is 10.5. The summed E-state index contributed by atoms with van der Waals surface area (Å²) in [5, 5.41) is 20.5. The van der Waals surface area contributed by atoms with Gasteiger partial charge in [0, 0.05) is 25.9 Å². The molecule has 0 radical (unpaired) electrons. The normalized spacial score (nSPS) is 31.4. The number of methoxy groups -OCH3 is 1. The van der Waals surface area contributed by atoms with Crippen molar-refractivity contribution < 1.29 is 29.2 Å². The Kier molecular flexibility index (Phi) is 9.52. The van der Waals surface area contributed by atoms with Gasteiger partial charge in [-0.05, 0) is 54.4 Å². The fraction of sp³-hybridized carbons (Fsp3) is 0.704. The quantitative estimate of drug-likeness (QED) is 0.448. The van der Waals surface area contributed by atoms with Crippen LogP contribution in [0.25, 0.3) is 0 Å². The minimum absolute atomic E-state index is 0.0233. The van der Waals surface area contributed by atoms with Gasteiger partial charge >= 0.3 is 0 Å². The molecule has 0 aliphatic carbocycles. The van der Waals surface area contributed by atoms with Crippen molar-refractivity contribution in [1.29, 1.82) is 0 Å². The van der Waals surface area contributed by atoms with Crippen LogP contribution in [-0.2, 0) is 20.8 Å². The first kappa shape index (κ1) is 27.3. The SMILES string of the molecule is C=C(C[C@@H]1CC2(C[C@@]3(C[C@@H](O)C[C@H](COCc4ccc(OC)cc4)O3)O1)SCCCS2)[C@@H](C)CO. The summed E-state index contributed by atoms with van der Waals surface area (Å²) in [6, 6.07) is 7.84. The second kappa shape index (κ2) is 12.2. The predicted octanol–water partition coefficient (Wildman–Crippen LogP) is 4.77. The smallest absolute Gasteiger partial charge is 0.173 e. The summed E-state index contributed by atoms with van der Waals surface area (Å²) in [7, 11) is 1.66. The molecule has 8 heteroatoms. The molecule has 1 aromatic carbocycles. The van der Waals surface area contributed by atoms with Gasteiger partial charge in [0.05, 0.1) is 42.7 Å². The molecular formula is C27H40O6S2. The highest BCUT2D eigenvalue weighted by Crippen LogP contribution is 2.57. The first-order valence-electron chi connectivity index (χ1n) is 12.6. The predicted molar refractivity (Wildman–Crippen MR) is 142 cm³/mol. The highest BCUT2D eigenvalue weighted by molar-refractivity contribution is 8.18. The highest BCUT2D eigenvalue weighted by Gasteiger charge is 2.54. The molecule has 196 valence electrons. The molecule has 0 bridgehead atoms. The Morgan fingerprint density at radius 1 is 1.17 bits per heavy atom. The van der Waals surface area contributed by atoms with E-state index in [2.05, 4.69) is 6.58 Å². The van der Waals surface area contributed by atoms with Crippen molar-refractivity contribution in [3.8, 4) is 5.75 Å². The van der Waals surface area contributed by atoms with Gasteiger partial charge in [-0.15, -0.1) is 23.5 Å². The molecule has 2 spiro atoms. The number of hydrogen-bond donors (Lipinski definition) is 2. The van der Waals surface area contributed by atoms with Crippen LogP contribution in [0.1, 0.15) is 51.0 Å². The van der Waals surface area contributed by atoms with Gasteiger partial charge in [0.25, 0.3) is 0 Å². The van der Waals surface area contributed by atoms with Crippen molar-refractivity contribution in [2.45, 2.75) is 80.2 Å². The summed E-state index contributed by atoms with van der Waals surface area (Å²) < 4.78 is 24.6. The van der Waals surface area contributed by atoms with Crippen LogP contribution in [-0.4, -0.2) is 70.2 Å². The third kappa shape index (κ3) is 7.18. The Bertz CT molecular complexity index is 827. The average Bonchev–Trinajstić information content (AvgIpc) is 2.83. The Balaban J connectivity index is 1.43. The first-order chi connectivity index (χ1) is 16.8. The van der Waals surface area contributed by atoms with Gasteiger partial charge in [-0.3, -0.25) is 0 Å². The Labute approximate surface area is 218 Å². The number of aliphatic hydroxyl groups is 2. The molecular weight excluding hydrogens is 484 g/mol. The molecule has 3 saturated heterocycles. The Morgan fingerprint density at radius 2 is 1.89 bits per heavy atom. The standard InChI is InChI=1S/C27H40O6S2/c1-19(20(2)15-28)11-24-14-27(34-9-4-10-35-27)18-26(32-24)13-22(29)12-25(33-26)17-31-16-21-5-7-23(30-3)8-6-21/h5-8,20,22,24-25,28-29H,1,4,9-18H2,2-3H3/t20-,22-,24+,25+,26-/m0/s1. The van der Waals surface area contributed by atoms with Gasteiger partial charge < -0.3 is 29.2 Å². The fourth-order valence-electron chi connectivity index (χ4n) is 5.26. The van der Waals surface area contributed by atoms with Crippen LogP contribution in [0.2, 0.25) is 0 Å². The summed E-state index contributed by atoms with van der Waals surface area (Å²) in [5.74, 6) is 2.31. The summed E-state index contributed by atoms with van der Waals surface area (Å²) in [4.78, 5) is 0. The molecule has 3 fully saturated rings. The van der Waals surface area contributed by atoms with Gasteiger partial charge in [0.1, 0.15) is 5.75 Å². The van der Waals surface area contributed by atoms with E-state index in [4.69, 9.17) is 18.9 Å². The lowest BCUT2D eigenvalue weighted by molar-refractivity contribution is -0.331. The maximum atomic E-state index is 10.9. The molecule has 5 atom stereocenters. The Morgan fingerprint density at radius 3 is 2.57 bits per heavy atom. The maximum Gasteiger partial charge on any atom is 0.173 e. The minimum atomic E-state index is -0.825. The second-order valence-electron chi connectivity index (χ2n) is 10.1. The average molecular weight is 525 g/mol. The number of benzene rings is 1. The largest absolute Gasteiger partial charge is 0.497 e. The number of rotatable bonds is 9. The molecule has 1 aromatic rings. The number of hydrogen-bond acceptors (Lipinski definition) is 8. The molecule has 3 heterocycles. The molecule has 2 N–H and O–H groups in total. The lowest BCUT2D eigenvalue weighted by atomic mass is 9.88. The monoisotopic (exact) mass is 524 g/mol. The van der Waals surface area contributed by atoms with E-state index in [1.54, 1.807) is 7.11 Å². The van der Waals surface area contributed by atoms with Crippen molar-refractivity contribution in [2.24, 2.45) is 5.92 Å². The molecule has 3 aliphatic heterocycles. The van der Waals surface area contributed by atoms with E-state index in [0.717, 1.165) is 41.2 Å². The van der Waals surface area contributed by atoms with E-state index in [9.17, 15) is 10.2 Å². The van der Waals surface area contributed by atoms with Gasteiger partial charge in [-0.25, -0.2) is 0 Å². The fourth-order valence-corrected chi connectivity index (χ4v) is 8.85. The summed E-state index contributed by atoms with van der Waals surface area (Å²) >= 11 is 4.04. The van der Waals surface area contributed by atoms with Crippen molar-refractivity contribution in [3.63, 3.8) is 0 Å². The second-order valence-corrected chi connectivity index (χ2v) is 13.4. The first-order valence-corrected chi connectivity index (χ1v) is 14.6. The van der Waals surface area contributed by atoms with Crippen molar-refractivity contribution in [3.05, 3.63) is 42.0 Å². The molecule has 0 aromatic heterocycles. The number of aliphatic hydroxyl groups excluding tert-OH is 2. The molecule has 4 rings (SSSR count). The van der Waals surface area contributed by atoms with Gasteiger partial charge in [0.15, 0.2) is 5.79 Å². The number of ether oxygens (including phenoxy) is 4. The van der Waals surface area contributed by atoms with Gasteiger partial charge in [-0.2, -0.15) is 0 Å². The van der Waals surface area contributed by atoms with E-state index in [1.165, 1.54) is 6.42 Å². The zero-order valence-corrected chi connectivity index (χ0v) is 22.6. The molecule has 3 aliphatic rings. The lowest BCUT2D eigenvalue weighted by Gasteiger charge is -2.54. The third-order valence-electron chi connectivity index (χ3n) is 7.13. The zero-order chi connectivity index (χ0) is 24.9. The highest BCUT2D eigenvalue weighted by atomic mass is 32.2. The summed E-state index contributed by atoms with van der Waals surface area (Å²) in [5.41, 5.74) is 2.07. The van der Waals surface area contributed by atoms with Gasteiger partial charge in [0.2, 0.25) is 0 Å². The van der Waals surface area contributed by atoms with E-state index < -0.39 is 11.9 Å². The van der Waals surface area contributed by atoms with Crippen LogP contribution in [0.4, 0.5) is 0 Å². The van der Waals surface area contributed by atoms with E-state index in [-0.39, 0.29) is 28.8 Å². The zero-order valence-electron chi connectivity index (χ0n) is 20.9. The topological polar surface area (TPSA) is 77.4 Å². The molecule has 0 amide bonds. The minimum Gasteiger partial charge on any atom is -0.497 e. The van der Waals surface area contributed by atoms with E-state index in [1.807, 2.05) is 54.7 Å². The van der Waals surface area contributed by atoms with Gasteiger partial charge in [-0.1, -0.05) is 31.2 Å². The summed E-state index contributed by atoms with van der Waals surface area (Å²) in [6.45, 7) is 7.19. The number of thioether (sulfide) groups is 2. The van der Waals surface area contributed by atoms with Crippen LogP contribution >= 0.6 is 23.5 Å². The van der Waals surface area contributed by atoms with Crippen LogP contribution < -0.4 is 4.74 Å². The lowest BCUT2D eigenvalue weighted by Crippen LogP contribution is -2.58. The molecule has 35 heavy (non-hydrogen) atoms. The molecule has 0 saturated carbocycles. The molecule has 0 unspecified atom stereocenters.